The van der Waals surface area contributed by atoms with E-state index in [-0.39, 0.29) is 18.0 Å². The van der Waals surface area contributed by atoms with Crippen molar-refractivity contribution in [1.29, 1.82) is 5.26 Å². The number of nitrogens with zero attached hydrogens (tertiary/aromatic N) is 2. The zero-order valence-electron chi connectivity index (χ0n) is 20.4. The number of thioether (sulfide) groups is 1. The van der Waals surface area contributed by atoms with E-state index in [1.54, 1.807) is 31.4 Å². The van der Waals surface area contributed by atoms with Crippen molar-refractivity contribution in [1.82, 2.24) is 5.32 Å². The number of nitriles is 1. The Hall–Kier alpha value is -4.02. The van der Waals surface area contributed by atoms with E-state index in [4.69, 9.17) is 4.74 Å². The van der Waals surface area contributed by atoms with Gasteiger partial charge in [0.25, 0.3) is 5.91 Å². The highest BCUT2D eigenvalue weighted by Gasteiger charge is 2.40. The van der Waals surface area contributed by atoms with Gasteiger partial charge >= 0.3 is 0 Å². The van der Waals surface area contributed by atoms with Gasteiger partial charge in [0.2, 0.25) is 5.91 Å². The molecule has 1 unspecified atom stereocenters. The highest BCUT2D eigenvalue weighted by Crippen LogP contribution is 2.42. The molecule has 1 heterocycles. The van der Waals surface area contributed by atoms with Crippen LogP contribution in [0.2, 0.25) is 0 Å². The molecule has 0 aliphatic carbocycles. The van der Waals surface area contributed by atoms with Gasteiger partial charge in [-0.1, -0.05) is 60.3 Å². The fraction of sp³-hybridized carbons (Fsp3) is 0.207. The van der Waals surface area contributed by atoms with E-state index in [1.165, 1.54) is 22.2 Å². The number of hydrogen-bond acceptors (Lipinski definition) is 5. The Bertz CT molecular complexity index is 1340. The number of carbonyl (C=O) groups is 2. The molecular weight excluding hydrogens is 470 g/mol. The number of hydrogen-bond donors (Lipinski definition) is 1. The van der Waals surface area contributed by atoms with E-state index in [1.807, 2.05) is 56.3 Å². The molecule has 1 N–H and O–H groups in total. The second kappa shape index (κ2) is 11.1. The molecule has 7 heteroatoms. The van der Waals surface area contributed by atoms with Crippen molar-refractivity contribution in [3.8, 4) is 11.8 Å². The monoisotopic (exact) mass is 497 g/mol. The summed E-state index contributed by atoms with van der Waals surface area (Å²) in [5.74, 6) is -0.0274. The van der Waals surface area contributed by atoms with Crippen LogP contribution >= 0.6 is 11.8 Å². The molecule has 1 atom stereocenters. The third kappa shape index (κ3) is 5.45. The third-order valence-corrected chi connectivity index (χ3v) is 7.39. The topological polar surface area (TPSA) is 82.4 Å². The van der Waals surface area contributed by atoms with Crippen molar-refractivity contribution in [2.24, 2.45) is 0 Å². The van der Waals surface area contributed by atoms with E-state index >= 15 is 0 Å². The molecule has 0 radical (unpaired) electrons. The smallest absolute Gasteiger partial charge is 0.264 e. The fourth-order valence-electron chi connectivity index (χ4n) is 3.96. The summed E-state index contributed by atoms with van der Waals surface area (Å²) in [4.78, 5) is 28.2. The molecule has 4 rings (SSSR count). The number of ether oxygens (including phenoxy) is 1. The largest absolute Gasteiger partial charge is 0.497 e. The maximum absolute atomic E-state index is 13.6. The zero-order valence-corrected chi connectivity index (χ0v) is 21.3. The van der Waals surface area contributed by atoms with Crippen LogP contribution in [0.3, 0.4) is 0 Å². The van der Waals surface area contributed by atoms with Crippen molar-refractivity contribution in [3.05, 3.63) is 106 Å². The third-order valence-electron chi connectivity index (χ3n) is 6.12. The van der Waals surface area contributed by atoms with E-state index in [2.05, 4.69) is 17.5 Å². The molecule has 0 saturated carbocycles. The normalized spacial score (nSPS) is 16.4. The maximum Gasteiger partial charge on any atom is 0.264 e. The minimum Gasteiger partial charge on any atom is -0.497 e. The van der Waals surface area contributed by atoms with E-state index in [0.29, 0.717) is 22.9 Å². The molecule has 0 bridgehead atoms. The standard InChI is InChI=1S/C29H27N3O3S/c1-19-9-10-22(15-20(19)2)16-26-28(34)32(23-11-13-24(35-3)14-12-23)29(36-26)25(17-30)27(33)31-18-21-7-5-4-6-8-21/h4-15,26H,16,18H2,1-3H3,(H,31,33)/b29-25-. The van der Waals surface area contributed by atoms with Crippen molar-refractivity contribution in [2.75, 3.05) is 12.0 Å². The van der Waals surface area contributed by atoms with Crippen LogP contribution in [0.5, 0.6) is 5.75 Å². The van der Waals surface area contributed by atoms with Crippen molar-refractivity contribution in [2.45, 2.75) is 32.1 Å². The van der Waals surface area contributed by atoms with Gasteiger partial charge in [-0.05, 0) is 66.8 Å². The number of aryl methyl sites for hydroxylation is 2. The first-order chi connectivity index (χ1) is 17.4. The molecule has 0 aromatic heterocycles. The van der Waals surface area contributed by atoms with Crippen LogP contribution in [0, 0.1) is 25.2 Å². The predicted molar refractivity (Wildman–Crippen MR) is 142 cm³/mol. The Morgan fingerprint density at radius 3 is 2.39 bits per heavy atom. The van der Waals surface area contributed by atoms with Gasteiger partial charge in [0.05, 0.1) is 12.4 Å². The van der Waals surface area contributed by atoms with Crippen LogP contribution in [0.1, 0.15) is 22.3 Å². The van der Waals surface area contributed by atoms with Gasteiger partial charge < -0.3 is 10.1 Å². The lowest BCUT2D eigenvalue weighted by Gasteiger charge is -2.19. The molecular formula is C29H27N3O3S. The lowest BCUT2D eigenvalue weighted by atomic mass is 10.0. The van der Waals surface area contributed by atoms with Gasteiger partial charge in [0.1, 0.15) is 22.4 Å². The molecule has 3 aromatic carbocycles. The first-order valence-electron chi connectivity index (χ1n) is 11.6. The average molecular weight is 498 g/mol. The Morgan fingerprint density at radius 1 is 1.03 bits per heavy atom. The Kier molecular flexibility index (Phi) is 7.77. The quantitative estimate of drug-likeness (QED) is 0.365. The summed E-state index contributed by atoms with van der Waals surface area (Å²) in [6.07, 6.45) is 0.491. The van der Waals surface area contributed by atoms with Gasteiger partial charge in [-0.25, -0.2) is 0 Å². The Morgan fingerprint density at radius 2 is 1.75 bits per heavy atom. The van der Waals surface area contributed by atoms with Gasteiger partial charge in [0, 0.05) is 12.2 Å². The number of anilines is 1. The van der Waals surface area contributed by atoms with E-state index in [9.17, 15) is 14.9 Å². The van der Waals surface area contributed by atoms with E-state index < -0.39 is 11.2 Å². The van der Waals surface area contributed by atoms with Crippen molar-refractivity contribution < 1.29 is 14.3 Å². The SMILES string of the molecule is COc1ccc(N2C(=O)C(Cc3ccc(C)c(C)c3)S/C2=C(/C#N)C(=O)NCc2ccccc2)cc1. The second-order valence-corrected chi connectivity index (χ2v) is 9.75. The molecule has 2 amide bonds. The highest BCUT2D eigenvalue weighted by atomic mass is 32.2. The zero-order chi connectivity index (χ0) is 25.7. The maximum atomic E-state index is 13.6. The molecule has 0 spiro atoms. The Labute approximate surface area is 215 Å². The summed E-state index contributed by atoms with van der Waals surface area (Å²) in [6, 6.07) is 24.7. The summed E-state index contributed by atoms with van der Waals surface area (Å²) in [5.41, 5.74) is 4.79. The van der Waals surface area contributed by atoms with Crippen molar-refractivity contribution in [3.63, 3.8) is 0 Å². The number of benzene rings is 3. The number of methoxy groups -OCH3 is 1. The number of amides is 2. The van der Waals surface area contributed by atoms with Gasteiger partial charge in [-0.3, -0.25) is 14.5 Å². The summed E-state index contributed by atoms with van der Waals surface area (Å²) in [7, 11) is 1.57. The van der Waals surface area contributed by atoms with Crippen LogP contribution in [0.4, 0.5) is 5.69 Å². The van der Waals surface area contributed by atoms with Crippen LogP contribution in [-0.2, 0) is 22.6 Å². The second-order valence-electron chi connectivity index (χ2n) is 8.56. The van der Waals surface area contributed by atoms with Gasteiger partial charge in [0.15, 0.2) is 0 Å². The van der Waals surface area contributed by atoms with E-state index in [0.717, 1.165) is 16.7 Å². The van der Waals surface area contributed by atoms with Crippen LogP contribution in [0.25, 0.3) is 0 Å². The molecule has 1 saturated heterocycles. The summed E-state index contributed by atoms with van der Waals surface area (Å²) in [5, 5.41) is 12.7. The molecule has 1 aliphatic heterocycles. The first-order valence-corrected chi connectivity index (χ1v) is 12.5. The predicted octanol–water partition coefficient (Wildman–Crippen LogP) is 5.05. The molecule has 3 aromatic rings. The van der Waals surface area contributed by atoms with Gasteiger partial charge in [-0.15, -0.1) is 0 Å². The first kappa shape index (κ1) is 25.1. The summed E-state index contributed by atoms with van der Waals surface area (Å²) in [6.45, 7) is 4.38. The summed E-state index contributed by atoms with van der Waals surface area (Å²) >= 11 is 1.26. The lowest BCUT2D eigenvalue weighted by Crippen LogP contribution is -2.32. The Balaban J connectivity index is 1.68. The molecule has 1 fully saturated rings. The number of rotatable bonds is 7. The average Bonchev–Trinajstić information content (AvgIpc) is 3.21. The fourth-order valence-corrected chi connectivity index (χ4v) is 5.27. The number of carbonyl (C=O) groups excluding carboxylic acids is 2. The molecule has 36 heavy (non-hydrogen) atoms. The number of nitrogens with one attached hydrogen (secondary N) is 1. The molecule has 1 aliphatic rings. The van der Waals surface area contributed by atoms with Gasteiger partial charge in [-0.2, -0.15) is 5.26 Å². The highest BCUT2D eigenvalue weighted by molar-refractivity contribution is 8.05. The van der Waals surface area contributed by atoms with Crippen LogP contribution < -0.4 is 15.0 Å². The molecule has 182 valence electrons. The minimum atomic E-state index is -0.512. The lowest BCUT2D eigenvalue weighted by molar-refractivity contribution is -0.117. The molecule has 6 nitrogen and oxygen atoms in total. The van der Waals surface area contributed by atoms with Crippen LogP contribution in [-0.4, -0.2) is 24.2 Å². The van der Waals surface area contributed by atoms with Crippen molar-refractivity contribution >= 4 is 29.3 Å². The summed E-state index contributed by atoms with van der Waals surface area (Å²) < 4.78 is 5.25. The van der Waals surface area contributed by atoms with Crippen LogP contribution in [0.15, 0.2) is 83.4 Å². The minimum absolute atomic E-state index is 0.0808.